The average Bonchev–Trinajstić information content (AvgIpc) is 3.65. The van der Waals surface area contributed by atoms with Gasteiger partial charge in [0.05, 0.1) is 29.8 Å². The minimum Gasteiger partial charge on any atom is -0.406 e. The number of hydrazine groups is 1. The van der Waals surface area contributed by atoms with Gasteiger partial charge in [0.1, 0.15) is 12.1 Å². The monoisotopic (exact) mass is 639 g/mol. The molecule has 3 aromatic carbocycles. The van der Waals surface area contributed by atoms with Crippen molar-refractivity contribution in [2.24, 2.45) is 4.99 Å². The van der Waals surface area contributed by atoms with Crippen molar-refractivity contribution in [2.75, 3.05) is 17.8 Å². The second kappa shape index (κ2) is 13.9. The first-order valence-corrected chi connectivity index (χ1v) is 14.7. The van der Waals surface area contributed by atoms with Gasteiger partial charge >= 0.3 is 12.4 Å². The molecule has 1 aliphatic heterocycles. The van der Waals surface area contributed by atoms with Crippen molar-refractivity contribution in [3.63, 3.8) is 0 Å². The Bertz CT molecular complexity index is 1680. The van der Waals surface area contributed by atoms with Crippen molar-refractivity contribution in [1.82, 2.24) is 25.6 Å². The first kappa shape index (κ1) is 31.7. The van der Waals surface area contributed by atoms with Crippen molar-refractivity contribution in [3.8, 4) is 22.8 Å². The van der Waals surface area contributed by atoms with Crippen LogP contribution in [0.5, 0.6) is 5.75 Å². The van der Waals surface area contributed by atoms with Crippen LogP contribution in [0.1, 0.15) is 30.5 Å². The number of carbonyl (C=O) groups is 2. The Morgan fingerprint density at radius 1 is 1.09 bits per heavy atom. The lowest BCUT2D eigenvalue weighted by atomic mass is 10.0. The van der Waals surface area contributed by atoms with Crippen LogP contribution in [-0.2, 0) is 16.1 Å². The number of aliphatic imine (C=N–C) groups is 1. The van der Waals surface area contributed by atoms with Gasteiger partial charge in [0.15, 0.2) is 11.0 Å². The summed E-state index contributed by atoms with van der Waals surface area (Å²) < 4.78 is 47.9. The minimum absolute atomic E-state index is 0.168. The maximum absolute atomic E-state index is 12.8. The molecule has 0 spiro atoms. The summed E-state index contributed by atoms with van der Waals surface area (Å²) in [4.78, 5) is 35.3. The number of rotatable bonds is 10. The molecule has 4 aromatic rings. The van der Waals surface area contributed by atoms with E-state index in [1.807, 2.05) is 49.4 Å². The summed E-state index contributed by atoms with van der Waals surface area (Å²) in [7, 11) is 1.57. The van der Waals surface area contributed by atoms with Crippen LogP contribution in [0.3, 0.4) is 0 Å². The van der Waals surface area contributed by atoms with Crippen LogP contribution in [0.4, 0.5) is 23.7 Å². The predicted octanol–water partition coefficient (Wildman–Crippen LogP) is 5.78. The van der Waals surface area contributed by atoms with Crippen LogP contribution >= 0.6 is 11.8 Å². The Kier molecular flexibility index (Phi) is 9.80. The maximum atomic E-state index is 12.8. The SMILES string of the molecule is CCC(NNC(=O)/N=C1\SCC(=O)N1c1ccccc1COC)c1ccc(-c2ncn(-c3ccc(OC(F)(F)F)cc3)n2)cc1. The lowest BCUT2D eigenvalue weighted by Gasteiger charge is -2.20. The molecule has 2 heterocycles. The summed E-state index contributed by atoms with van der Waals surface area (Å²) >= 11 is 1.18. The second-order valence-electron chi connectivity index (χ2n) is 9.69. The number of urea groups is 1. The number of anilines is 1. The quantitative estimate of drug-likeness (QED) is 0.210. The number of benzene rings is 3. The predicted molar refractivity (Wildman–Crippen MR) is 163 cm³/mol. The van der Waals surface area contributed by atoms with E-state index < -0.39 is 12.4 Å². The zero-order chi connectivity index (χ0) is 32.0. The Morgan fingerprint density at radius 3 is 2.51 bits per heavy atom. The third-order valence-electron chi connectivity index (χ3n) is 6.65. The van der Waals surface area contributed by atoms with Gasteiger partial charge in [-0.25, -0.2) is 19.9 Å². The van der Waals surface area contributed by atoms with Crippen LogP contribution in [0, 0.1) is 0 Å². The Hall–Kier alpha value is -4.73. The van der Waals surface area contributed by atoms with E-state index in [0.29, 0.717) is 30.2 Å². The molecular weight excluding hydrogens is 611 g/mol. The number of ether oxygens (including phenoxy) is 2. The number of amides is 3. The third-order valence-corrected chi connectivity index (χ3v) is 7.58. The average molecular weight is 640 g/mol. The van der Waals surface area contributed by atoms with E-state index in [1.165, 1.54) is 51.9 Å². The number of nitrogens with one attached hydrogen (secondary N) is 2. The van der Waals surface area contributed by atoms with Crippen molar-refractivity contribution >= 4 is 34.6 Å². The van der Waals surface area contributed by atoms with Gasteiger partial charge in [-0.15, -0.1) is 18.3 Å². The van der Waals surface area contributed by atoms with Gasteiger partial charge in [-0.1, -0.05) is 61.2 Å². The molecule has 1 unspecified atom stereocenters. The van der Waals surface area contributed by atoms with E-state index in [0.717, 1.165) is 16.7 Å². The van der Waals surface area contributed by atoms with Crippen LogP contribution in [0.25, 0.3) is 17.1 Å². The summed E-state index contributed by atoms with van der Waals surface area (Å²) in [6.45, 7) is 2.26. The van der Waals surface area contributed by atoms with Gasteiger partial charge in [-0.3, -0.25) is 15.1 Å². The van der Waals surface area contributed by atoms with Crippen molar-refractivity contribution < 1.29 is 32.2 Å². The molecule has 45 heavy (non-hydrogen) atoms. The normalized spacial score (nSPS) is 15.0. The number of para-hydroxylation sites is 1. The van der Waals surface area contributed by atoms with Crippen LogP contribution in [0.15, 0.2) is 84.1 Å². The summed E-state index contributed by atoms with van der Waals surface area (Å²) in [5.41, 5.74) is 9.15. The molecule has 5 rings (SSSR count). The number of aromatic nitrogens is 3. The van der Waals surface area contributed by atoms with Gasteiger partial charge < -0.3 is 9.47 Å². The Balaban J connectivity index is 1.21. The van der Waals surface area contributed by atoms with Crippen molar-refractivity contribution in [3.05, 3.63) is 90.3 Å². The standard InChI is InChI=1S/C30H28F3N7O4S/c1-3-24(36-37-28(42)35-29-40(26(41)17-45-29)25-7-5-4-6-21(25)16-43-2)19-8-10-20(11-9-19)27-34-18-39(38-27)22-12-14-23(15-13-22)44-30(31,32)33/h4-15,18,24,36H,3,16-17H2,1-2H3,(H,37,42)/b35-29-. The first-order valence-electron chi connectivity index (χ1n) is 13.7. The number of carbonyl (C=O) groups excluding carboxylic acids is 2. The molecule has 1 aromatic heterocycles. The molecular formula is C30H28F3N7O4S. The number of halogens is 3. The number of thioether (sulfide) groups is 1. The van der Waals surface area contributed by atoms with E-state index in [4.69, 9.17) is 4.74 Å². The highest BCUT2D eigenvalue weighted by Gasteiger charge is 2.32. The van der Waals surface area contributed by atoms with E-state index in [-0.39, 0.29) is 28.6 Å². The molecule has 1 atom stereocenters. The van der Waals surface area contributed by atoms with E-state index >= 15 is 0 Å². The molecule has 0 bridgehead atoms. The molecule has 15 heteroatoms. The molecule has 0 radical (unpaired) electrons. The summed E-state index contributed by atoms with van der Waals surface area (Å²) in [5, 5.41) is 4.70. The van der Waals surface area contributed by atoms with Crippen LogP contribution in [-0.4, -0.2) is 51.1 Å². The maximum Gasteiger partial charge on any atom is 0.573 e. The van der Waals surface area contributed by atoms with Crippen LogP contribution in [0.2, 0.25) is 0 Å². The van der Waals surface area contributed by atoms with E-state index in [9.17, 15) is 22.8 Å². The number of alkyl halides is 3. The van der Waals surface area contributed by atoms with Gasteiger partial charge in [0.25, 0.3) is 0 Å². The molecule has 1 saturated heterocycles. The lowest BCUT2D eigenvalue weighted by Crippen LogP contribution is -2.39. The third kappa shape index (κ3) is 7.87. The van der Waals surface area contributed by atoms with Crippen molar-refractivity contribution in [2.45, 2.75) is 32.4 Å². The van der Waals surface area contributed by atoms with E-state index in [2.05, 4.69) is 30.7 Å². The topological polar surface area (TPSA) is 123 Å². The van der Waals surface area contributed by atoms with Gasteiger partial charge in [-0.05, 0) is 42.3 Å². The van der Waals surface area contributed by atoms with Gasteiger partial charge in [0, 0.05) is 18.2 Å². The highest BCUT2D eigenvalue weighted by atomic mass is 32.2. The van der Waals surface area contributed by atoms with E-state index in [1.54, 1.807) is 13.2 Å². The summed E-state index contributed by atoms with van der Waals surface area (Å²) in [6.07, 6.45) is -2.67. The highest BCUT2D eigenvalue weighted by molar-refractivity contribution is 8.15. The first-order chi connectivity index (χ1) is 21.6. The second-order valence-corrected chi connectivity index (χ2v) is 10.6. The lowest BCUT2D eigenvalue weighted by molar-refractivity contribution is -0.274. The van der Waals surface area contributed by atoms with Crippen molar-refractivity contribution in [1.29, 1.82) is 0 Å². The molecule has 1 aliphatic rings. The molecule has 11 nitrogen and oxygen atoms in total. The zero-order valence-corrected chi connectivity index (χ0v) is 24.9. The molecule has 1 fully saturated rings. The summed E-state index contributed by atoms with van der Waals surface area (Å²) in [6, 6.07) is 19.1. The minimum atomic E-state index is -4.77. The summed E-state index contributed by atoms with van der Waals surface area (Å²) in [5.74, 6) is 0.0779. The highest BCUT2D eigenvalue weighted by Crippen LogP contribution is 2.30. The van der Waals surface area contributed by atoms with Gasteiger partial charge in [-0.2, -0.15) is 4.99 Å². The molecule has 3 amide bonds. The Labute approximate surface area is 260 Å². The Morgan fingerprint density at radius 2 is 1.82 bits per heavy atom. The smallest absolute Gasteiger partial charge is 0.406 e. The molecule has 2 N–H and O–H groups in total. The number of methoxy groups -OCH3 is 1. The zero-order valence-electron chi connectivity index (χ0n) is 24.1. The number of hydrogen-bond donors (Lipinski definition) is 2. The molecule has 0 aliphatic carbocycles. The molecule has 234 valence electrons. The fourth-order valence-corrected chi connectivity index (χ4v) is 5.42. The molecule has 0 saturated carbocycles. The fourth-order valence-electron chi connectivity index (χ4n) is 4.56. The fraction of sp³-hybridized carbons (Fsp3) is 0.233. The number of hydrogen-bond acceptors (Lipinski definition) is 8. The number of amidine groups is 1. The number of nitrogens with zero attached hydrogens (tertiary/aromatic N) is 5. The van der Waals surface area contributed by atoms with Crippen LogP contribution < -0.4 is 20.5 Å². The van der Waals surface area contributed by atoms with Gasteiger partial charge in [0.2, 0.25) is 5.91 Å². The largest absolute Gasteiger partial charge is 0.573 e.